The molecule has 7 heteroatoms. The van der Waals surface area contributed by atoms with Gasteiger partial charge >= 0.3 is 0 Å². The summed E-state index contributed by atoms with van der Waals surface area (Å²) in [6.45, 7) is 16.2. The van der Waals surface area contributed by atoms with Gasteiger partial charge in [-0.05, 0) is 31.4 Å². The van der Waals surface area contributed by atoms with E-state index in [1.54, 1.807) is 12.4 Å². The van der Waals surface area contributed by atoms with Crippen LogP contribution in [0.3, 0.4) is 0 Å². The second kappa shape index (κ2) is 8.99. The minimum atomic E-state index is -0.482. The molecule has 0 aliphatic carbocycles. The lowest BCUT2D eigenvalue weighted by atomic mass is 9.90. The first kappa shape index (κ1) is 23.3. The predicted octanol–water partition coefficient (Wildman–Crippen LogP) is 4.08. The predicted molar refractivity (Wildman–Crippen MR) is 121 cm³/mol. The number of nitrogens with one attached hydrogen (secondary N) is 1. The van der Waals surface area contributed by atoms with Crippen LogP contribution in [0.25, 0.3) is 11.0 Å². The molecule has 2 aromatic heterocycles. The fourth-order valence-corrected chi connectivity index (χ4v) is 4.11. The number of pyridine rings is 1. The number of furan rings is 1. The van der Waals surface area contributed by atoms with E-state index in [-0.39, 0.29) is 23.9 Å². The van der Waals surface area contributed by atoms with Crippen molar-refractivity contribution in [3.8, 4) is 0 Å². The Labute approximate surface area is 184 Å². The van der Waals surface area contributed by atoms with E-state index in [0.29, 0.717) is 31.8 Å². The summed E-state index contributed by atoms with van der Waals surface area (Å²) in [6.07, 6.45) is 3.98. The van der Waals surface area contributed by atoms with Crippen LogP contribution in [-0.2, 0) is 10.3 Å². The Hall–Kier alpha value is -2.41. The van der Waals surface area contributed by atoms with Crippen molar-refractivity contribution >= 4 is 16.9 Å². The van der Waals surface area contributed by atoms with E-state index in [0.717, 1.165) is 16.7 Å². The molecule has 31 heavy (non-hydrogen) atoms. The molecule has 0 bridgehead atoms. The molecule has 2 aromatic rings. The smallest absolute Gasteiger partial charge is 0.223 e. The third-order valence-electron chi connectivity index (χ3n) is 5.94. The van der Waals surface area contributed by atoms with Crippen molar-refractivity contribution in [2.24, 2.45) is 5.41 Å². The fraction of sp³-hybridized carbons (Fsp3) is 0.583. The van der Waals surface area contributed by atoms with Crippen LogP contribution in [0.15, 0.2) is 41.2 Å². The Morgan fingerprint density at radius 3 is 2.71 bits per heavy atom. The van der Waals surface area contributed by atoms with E-state index >= 15 is 0 Å². The maximum atomic E-state index is 13.1. The summed E-state index contributed by atoms with van der Waals surface area (Å²) in [4.78, 5) is 21.5. The summed E-state index contributed by atoms with van der Waals surface area (Å²) >= 11 is 0. The Bertz CT molecular complexity index is 898. The van der Waals surface area contributed by atoms with Crippen LogP contribution in [-0.4, -0.2) is 59.6 Å². The van der Waals surface area contributed by atoms with E-state index in [1.807, 2.05) is 17.0 Å². The monoisotopic (exact) mass is 430 g/mol. The Morgan fingerprint density at radius 1 is 1.32 bits per heavy atom. The number of carbonyl (C=O) groups excluding carboxylic acids is 1. The van der Waals surface area contributed by atoms with Crippen molar-refractivity contribution in [2.45, 2.75) is 52.6 Å². The van der Waals surface area contributed by atoms with E-state index in [2.05, 4.69) is 56.4 Å². The van der Waals surface area contributed by atoms with E-state index < -0.39 is 12.2 Å². The number of amides is 1. The quantitative estimate of drug-likeness (QED) is 0.717. The molecular formula is C24H35FN4O2. The molecule has 0 spiro atoms. The summed E-state index contributed by atoms with van der Waals surface area (Å²) in [6, 6.07) is 3.66. The minimum Gasteiger partial charge on any atom is -0.459 e. The number of hydrogen-bond donors (Lipinski definition) is 1. The van der Waals surface area contributed by atoms with Crippen molar-refractivity contribution < 1.29 is 13.6 Å². The highest BCUT2D eigenvalue weighted by atomic mass is 19.1. The van der Waals surface area contributed by atoms with Crippen molar-refractivity contribution in [2.75, 3.05) is 32.9 Å². The lowest BCUT2D eigenvalue weighted by molar-refractivity contribution is -0.138. The second-order valence-corrected chi connectivity index (χ2v) is 10.0. The van der Waals surface area contributed by atoms with Crippen molar-refractivity contribution in [1.82, 2.24) is 20.1 Å². The Morgan fingerprint density at radius 2 is 2.06 bits per heavy atom. The molecule has 1 fully saturated rings. The van der Waals surface area contributed by atoms with Gasteiger partial charge in [-0.3, -0.25) is 14.7 Å². The third-order valence-corrected chi connectivity index (χ3v) is 5.94. The van der Waals surface area contributed by atoms with Gasteiger partial charge in [-0.2, -0.15) is 0 Å². The molecule has 1 amide bonds. The zero-order valence-corrected chi connectivity index (χ0v) is 19.4. The zero-order valence-electron chi connectivity index (χ0n) is 19.4. The lowest BCUT2D eigenvalue weighted by Gasteiger charge is -2.48. The highest BCUT2D eigenvalue weighted by Crippen LogP contribution is 2.35. The maximum absolute atomic E-state index is 13.1. The molecule has 0 unspecified atom stereocenters. The van der Waals surface area contributed by atoms with Crippen LogP contribution >= 0.6 is 0 Å². The Balaban J connectivity index is 1.84. The molecule has 3 heterocycles. The largest absolute Gasteiger partial charge is 0.459 e. The molecule has 1 N–H and O–H groups in total. The van der Waals surface area contributed by atoms with Crippen LogP contribution in [0, 0.1) is 5.41 Å². The van der Waals surface area contributed by atoms with Crippen LogP contribution in [0.1, 0.15) is 46.8 Å². The van der Waals surface area contributed by atoms with E-state index in [1.165, 1.54) is 0 Å². The van der Waals surface area contributed by atoms with Gasteiger partial charge in [0.15, 0.2) is 0 Å². The first-order chi connectivity index (χ1) is 14.5. The molecule has 170 valence electrons. The number of aromatic nitrogens is 1. The van der Waals surface area contributed by atoms with Crippen LogP contribution < -0.4 is 5.32 Å². The number of piperazine rings is 1. The molecule has 1 aliphatic rings. The molecule has 1 aliphatic heterocycles. The number of carbonyl (C=O) groups is 1. The van der Waals surface area contributed by atoms with Gasteiger partial charge in [-0.1, -0.05) is 27.4 Å². The van der Waals surface area contributed by atoms with Crippen molar-refractivity contribution in [3.63, 3.8) is 0 Å². The van der Waals surface area contributed by atoms with Gasteiger partial charge in [0.25, 0.3) is 0 Å². The number of halogens is 1. The van der Waals surface area contributed by atoms with Gasteiger partial charge in [0.2, 0.25) is 5.91 Å². The van der Waals surface area contributed by atoms with Crippen LogP contribution in [0.2, 0.25) is 0 Å². The minimum absolute atomic E-state index is 0.103. The second-order valence-electron chi connectivity index (χ2n) is 10.0. The molecular weight excluding hydrogens is 395 g/mol. The summed E-state index contributed by atoms with van der Waals surface area (Å²) in [7, 11) is 0. The highest BCUT2D eigenvalue weighted by Gasteiger charge is 2.40. The molecule has 0 radical (unpaired) electrons. The first-order valence-corrected chi connectivity index (χ1v) is 10.9. The summed E-state index contributed by atoms with van der Waals surface area (Å²) in [5, 5.41) is 4.03. The van der Waals surface area contributed by atoms with Gasteiger partial charge in [0.05, 0.1) is 11.6 Å². The number of hydrogen-bond acceptors (Lipinski definition) is 5. The Kier molecular flexibility index (Phi) is 6.74. The molecule has 6 nitrogen and oxygen atoms in total. The van der Waals surface area contributed by atoms with Gasteiger partial charge < -0.3 is 14.6 Å². The van der Waals surface area contributed by atoms with Gasteiger partial charge in [0.1, 0.15) is 18.0 Å². The number of alkyl halides is 1. The maximum Gasteiger partial charge on any atom is 0.223 e. The lowest BCUT2D eigenvalue weighted by Crippen LogP contribution is -2.61. The standard InChI is InChI=1S/C24H35FN4O2/c1-17(27-10-8-25)19-16-28(11-12-29(19)22(30)14-23(2,3)4)24(5,6)21-13-18-15-26-9-7-20(18)31-21/h7,9,13,15,19,27H,1,8,10-12,14,16H2,2-6H3/t19-/m0/s1. The first-order valence-electron chi connectivity index (χ1n) is 10.9. The van der Waals surface area contributed by atoms with Crippen molar-refractivity contribution in [3.05, 3.63) is 42.6 Å². The number of fused-ring (bicyclic) bond motifs is 1. The van der Waals surface area contributed by atoms with Crippen LogP contribution in [0.4, 0.5) is 4.39 Å². The molecule has 0 saturated carbocycles. The average Bonchev–Trinajstić information content (AvgIpc) is 3.15. The number of rotatable bonds is 7. The van der Waals surface area contributed by atoms with Crippen molar-refractivity contribution in [1.29, 1.82) is 0 Å². The molecule has 0 aromatic carbocycles. The topological polar surface area (TPSA) is 61.6 Å². The molecule has 1 saturated heterocycles. The van der Waals surface area contributed by atoms with E-state index in [4.69, 9.17) is 4.42 Å². The van der Waals surface area contributed by atoms with Gasteiger partial charge in [-0.15, -0.1) is 0 Å². The normalized spacial score (nSPS) is 18.4. The zero-order chi connectivity index (χ0) is 22.8. The molecule has 3 rings (SSSR count). The summed E-state index contributed by atoms with van der Waals surface area (Å²) < 4.78 is 18.9. The average molecular weight is 431 g/mol. The third kappa shape index (κ3) is 5.26. The summed E-state index contributed by atoms with van der Waals surface area (Å²) in [5.74, 6) is 0.957. The highest BCUT2D eigenvalue weighted by molar-refractivity contribution is 5.78. The molecule has 1 atom stereocenters. The summed E-state index contributed by atoms with van der Waals surface area (Å²) in [5.41, 5.74) is 0.988. The SMILES string of the molecule is C=C(NCCF)[C@@H]1CN(C(C)(C)c2cc3cnccc3o2)CCN1C(=O)CC(C)(C)C. The van der Waals surface area contributed by atoms with Gasteiger partial charge in [0, 0.05) is 56.1 Å². The fourth-order valence-electron chi connectivity index (χ4n) is 4.11. The van der Waals surface area contributed by atoms with Gasteiger partial charge in [-0.25, -0.2) is 4.39 Å². The van der Waals surface area contributed by atoms with Crippen LogP contribution in [0.5, 0.6) is 0 Å². The number of nitrogens with zero attached hydrogens (tertiary/aromatic N) is 3. The van der Waals surface area contributed by atoms with E-state index in [9.17, 15) is 9.18 Å².